The van der Waals surface area contributed by atoms with E-state index in [4.69, 9.17) is 0 Å². The molecule has 1 aromatic heterocycles. The van der Waals surface area contributed by atoms with Gasteiger partial charge in [0.25, 0.3) is 5.96 Å². The van der Waals surface area contributed by atoms with Crippen LogP contribution in [0.2, 0.25) is 0 Å². The molecule has 0 atom stereocenters. The van der Waals surface area contributed by atoms with Crippen LogP contribution in [0.15, 0.2) is 26.4 Å². The number of hydrogen-bond acceptors (Lipinski definition) is 3. The Balaban J connectivity index is 2.15. The maximum atomic E-state index is 10.4. The van der Waals surface area contributed by atoms with Crippen LogP contribution in [0, 0.1) is 10.1 Å². The molecule has 0 aromatic carbocycles. The predicted octanol–water partition coefficient (Wildman–Crippen LogP) is 1.56. The number of pyridine rings is 1. The van der Waals surface area contributed by atoms with Gasteiger partial charge in [0.05, 0.1) is 0 Å². The summed E-state index contributed by atoms with van der Waals surface area (Å²) in [7, 11) is 0. The Labute approximate surface area is 120 Å². The van der Waals surface area contributed by atoms with Crippen molar-refractivity contribution in [2.45, 2.75) is 6.54 Å². The van der Waals surface area contributed by atoms with E-state index in [0.717, 1.165) is 14.6 Å². The monoisotopic (exact) mass is 377 g/mol. The molecule has 1 saturated heterocycles. The highest BCUT2D eigenvalue weighted by Gasteiger charge is 2.22. The molecular weight excluding hydrogens is 370 g/mol. The minimum absolute atomic E-state index is 0.287. The summed E-state index contributed by atoms with van der Waals surface area (Å²) < 4.78 is 1.63. The molecule has 2 rings (SSSR count). The highest BCUT2D eigenvalue weighted by molar-refractivity contribution is 9.11. The topological polar surface area (TPSA) is 83.7 Å². The average molecular weight is 379 g/mol. The summed E-state index contributed by atoms with van der Waals surface area (Å²) in [6.45, 7) is 1.84. The number of nitro groups is 1. The van der Waals surface area contributed by atoms with E-state index in [1.165, 1.54) is 0 Å². The molecule has 1 aromatic rings. The van der Waals surface area contributed by atoms with Crippen LogP contribution in [-0.4, -0.2) is 34.0 Å². The van der Waals surface area contributed by atoms with Gasteiger partial charge in [-0.3, -0.25) is 0 Å². The molecule has 0 radical (unpaired) electrons. The lowest BCUT2D eigenvalue weighted by Gasteiger charge is -2.16. The van der Waals surface area contributed by atoms with Crippen LogP contribution < -0.4 is 5.32 Å². The number of nitrogens with zero attached hydrogens (tertiary/aromatic N) is 4. The number of halogens is 2. The molecule has 0 bridgehead atoms. The number of aromatic nitrogens is 1. The van der Waals surface area contributed by atoms with Crippen molar-refractivity contribution in [2.24, 2.45) is 5.10 Å². The van der Waals surface area contributed by atoms with Gasteiger partial charge in [-0.1, -0.05) is 15.9 Å². The van der Waals surface area contributed by atoms with Gasteiger partial charge in [-0.2, -0.15) is 0 Å². The van der Waals surface area contributed by atoms with Crippen LogP contribution in [0.4, 0.5) is 0 Å². The SMILES string of the molecule is O=[N+]([O-])N=C1NCCN1Cc1cnc(Br)cc1Br. The van der Waals surface area contributed by atoms with Crippen LogP contribution in [0.25, 0.3) is 0 Å². The minimum atomic E-state index is -0.699. The highest BCUT2D eigenvalue weighted by Crippen LogP contribution is 2.21. The van der Waals surface area contributed by atoms with Crippen molar-refractivity contribution >= 4 is 37.8 Å². The lowest BCUT2D eigenvalue weighted by molar-refractivity contribution is -0.485. The van der Waals surface area contributed by atoms with E-state index >= 15 is 0 Å². The zero-order valence-electron chi connectivity index (χ0n) is 9.14. The van der Waals surface area contributed by atoms with Crippen LogP contribution >= 0.6 is 31.9 Å². The van der Waals surface area contributed by atoms with Gasteiger partial charge in [0.1, 0.15) is 9.70 Å². The molecular formula is C9H9Br2N5O2. The molecule has 7 nitrogen and oxygen atoms in total. The summed E-state index contributed by atoms with van der Waals surface area (Å²) >= 11 is 6.71. The Morgan fingerprint density at radius 2 is 2.39 bits per heavy atom. The fourth-order valence-corrected chi connectivity index (χ4v) is 2.69. The molecule has 9 heteroatoms. The number of hydrogen-bond donors (Lipinski definition) is 1. The second-order valence-electron chi connectivity index (χ2n) is 3.61. The molecule has 0 unspecified atom stereocenters. The third kappa shape index (κ3) is 3.16. The zero-order valence-corrected chi connectivity index (χ0v) is 12.3. The van der Waals surface area contributed by atoms with Crippen molar-refractivity contribution < 1.29 is 5.03 Å². The van der Waals surface area contributed by atoms with Gasteiger partial charge in [0.2, 0.25) is 0 Å². The third-order valence-electron chi connectivity index (χ3n) is 2.40. The molecule has 96 valence electrons. The Kier molecular flexibility index (Phi) is 4.12. The molecule has 1 N–H and O–H groups in total. The van der Waals surface area contributed by atoms with Crippen LogP contribution in [0.5, 0.6) is 0 Å². The van der Waals surface area contributed by atoms with E-state index in [9.17, 15) is 10.1 Å². The Hall–Kier alpha value is -1.22. The first-order valence-electron chi connectivity index (χ1n) is 5.08. The Bertz CT molecular complexity index is 508. The van der Waals surface area contributed by atoms with Gasteiger partial charge >= 0.3 is 0 Å². The smallest absolute Gasteiger partial charge is 0.271 e. The number of rotatable bonds is 3. The third-order valence-corrected chi connectivity index (χ3v) is 3.57. The van der Waals surface area contributed by atoms with Crippen molar-refractivity contribution in [2.75, 3.05) is 13.1 Å². The zero-order chi connectivity index (χ0) is 13.1. The summed E-state index contributed by atoms with van der Waals surface area (Å²) in [4.78, 5) is 16.3. The molecule has 18 heavy (non-hydrogen) atoms. The molecule has 0 saturated carbocycles. The van der Waals surface area contributed by atoms with Gasteiger partial charge in [-0.15, -0.1) is 0 Å². The highest BCUT2D eigenvalue weighted by atomic mass is 79.9. The van der Waals surface area contributed by atoms with Crippen molar-refractivity contribution in [1.29, 1.82) is 0 Å². The summed E-state index contributed by atoms with van der Waals surface area (Å²) in [6.07, 6.45) is 1.72. The second kappa shape index (κ2) is 5.61. The molecule has 0 amide bonds. The molecule has 0 spiro atoms. The molecule has 1 fully saturated rings. The van der Waals surface area contributed by atoms with E-state index < -0.39 is 5.03 Å². The minimum Gasteiger partial charge on any atom is -0.349 e. The van der Waals surface area contributed by atoms with Crippen molar-refractivity contribution in [1.82, 2.24) is 15.2 Å². The maximum absolute atomic E-state index is 10.4. The summed E-state index contributed by atoms with van der Waals surface area (Å²) in [5, 5.41) is 15.9. The first-order chi connectivity index (χ1) is 8.56. The van der Waals surface area contributed by atoms with Crippen molar-refractivity contribution in [3.63, 3.8) is 0 Å². The largest absolute Gasteiger partial charge is 0.349 e. The molecule has 2 heterocycles. The van der Waals surface area contributed by atoms with E-state index in [0.29, 0.717) is 19.6 Å². The Morgan fingerprint density at radius 3 is 3.06 bits per heavy atom. The van der Waals surface area contributed by atoms with Gasteiger partial charge in [0.15, 0.2) is 5.03 Å². The Morgan fingerprint density at radius 1 is 1.61 bits per heavy atom. The van der Waals surface area contributed by atoms with Gasteiger partial charge in [0, 0.05) is 35.9 Å². The summed E-state index contributed by atoms with van der Waals surface area (Å²) in [6, 6.07) is 1.84. The normalized spacial score (nSPS) is 17.0. The predicted molar refractivity (Wildman–Crippen MR) is 72.5 cm³/mol. The van der Waals surface area contributed by atoms with Crippen LogP contribution in [-0.2, 0) is 6.54 Å². The van der Waals surface area contributed by atoms with E-state index in [1.807, 2.05) is 6.07 Å². The molecule has 0 aliphatic carbocycles. The van der Waals surface area contributed by atoms with Crippen LogP contribution in [0.1, 0.15) is 5.56 Å². The fraction of sp³-hybridized carbons (Fsp3) is 0.333. The van der Waals surface area contributed by atoms with E-state index in [1.54, 1.807) is 11.1 Å². The maximum Gasteiger partial charge on any atom is 0.271 e. The quantitative estimate of drug-likeness (QED) is 0.490. The second-order valence-corrected chi connectivity index (χ2v) is 5.28. The van der Waals surface area contributed by atoms with Crippen molar-refractivity contribution in [3.8, 4) is 0 Å². The first kappa shape index (κ1) is 13.2. The van der Waals surface area contributed by atoms with E-state index in [2.05, 4.69) is 47.3 Å². The first-order valence-corrected chi connectivity index (χ1v) is 6.66. The number of nitrogens with one attached hydrogen (secondary N) is 1. The van der Waals surface area contributed by atoms with E-state index in [-0.39, 0.29) is 5.96 Å². The van der Waals surface area contributed by atoms with Gasteiger partial charge in [-0.25, -0.2) is 15.1 Å². The number of hydrazone groups is 1. The molecule has 1 aliphatic heterocycles. The fourth-order valence-electron chi connectivity index (χ4n) is 1.61. The lowest BCUT2D eigenvalue weighted by atomic mass is 10.3. The van der Waals surface area contributed by atoms with Gasteiger partial charge < -0.3 is 10.2 Å². The number of guanidine groups is 1. The van der Waals surface area contributed by atoms with Gasteiger partial charge in [-0.05, 0) is 22.0 Å². The van der Waals surface area contributed by atoms with Crippen LogP contribution in [0.3, 0.4) is 0 Å². The average Bonchev–Trinajstić information content (AvgIpc) is 2.69. The summed E-state index contributed by atoms with van der Waals surface area (Å²) in [5.41, 5.74) is 0.943. The standard InChI is InChI=1S/C9H9Br2N5O2/c10-7-3-8(11)13-4-6(7)5-15-2-1-12-9(15)14-16(17)18/h3-4H,1-2,5H2,(H,12,14). The summed E-state index contributed by atoms with van der Waals surface area (Å²) in [5.74, 6) is 0.287. The molecule has 1 aliphatic rings. The van der Waals surface area contributed by atoms with Crippen molar-refractivity contribution in [3.05, 3.63) is 37.0 Å². The lowest BCUT2D eigenvalue weighted by Crippen LogP contribution is -2.30.